The van der Waals surface area contributed by atoms with Crippen LogP contribution in [0.5, 0.6) is 0 Å². The molecule has 94 valence electrons. The van der Waals surface area contributed by atoms with Gasteiger partial charge in [0.2, 0.25) is 0 Å². The summed E-state index contributed by atoms with van der Waals surface area (Å²) in [5.41, 5.74) is 10.9. The van der Waals surface area contributed by atoms with Gasteiger partial charge in [-0.3, -0.25) is 0 Å². The largest absolute Gasteiger partial charge is 0.327 e. The zero-order valence-electron chi connectivity index (χ0n) is 11.0. The predicted octanol–water partition coefficient (Wildman–Crippen LogP) is 3.87. The molecule has 0 saturated heterocycles. The van der Waals surface area contributed by atoms with Crippen LogP contribution in [0.25, 0.3) is 5.57 Å². The lowest BCUT2D eigenvalue weighted by Crippen LogP contribution is -2.01. The van der Waals surface area contributed by atoms with Gasteiger partial charge in [-0.25, -0.2) is 0 Å². The minimum absolute atomic E-state index is 0.642. The standard InChI is InChI=1S/C17H21N/c1-2-4-14-7-10-17(11-8-14)16-6-3-5-15(13-18)9-12-16/h3,6-12H,2,4-5,13,18H2,1H3. The fraction of sp³-hybridized carbons (Fsp3) is 0.294. The van der Waals surface area contributed by atoms with E-state index in [-0.39, 0.29) is 0 Å². The highest BCUT2D eigenvalue weighted by Crippen LogP contribution is 2.21. The number of nitrogens with two attached hydrogens (primary N) is 1. The lowest BCUT2D eigenvalue weighted by atomic mass is 10.0. The average molecular weight is 239 g/mol. The maximum absolute atomic E-state index is 5.68. The van der Waals surface area contributed by atoms with E-state index in [0.717, 1.165) is 12.8 Å². The van der Waals surface area contributed by atoms with Crippen LogP contribution in [0.1, 0.15) is 30.9 Å². The smallest absolute Gasteiger partial charge is 0.0143 e. The van der Waals surface area contributed by atoms with Crippen molar-refractivity contribution in [2.24, 2.45) is 5.73 Å². The molecule has 0 spiro atoms. The number of hydrogen-bond acceptors (Lipinski definition) is 1. The molecule has 1 nitrogen and oxygen atoms in total. The van der Waals surface area contributed by atoms with Gasteiger partial charge in [-0.1, -0.05) is 67.5 Å². The van der Waals surface area contributed by atoms with Gasteiger partial charge in [-0.2, -0.15) is 0 Å². The molecule has 0 unspecified atom stereocenters. The van der Waals surface area contributed by atoms with Gasteiger partial charge in [0.25, 0.3) is 0 Å². The van der Waals surface area contributed by atoms with Gasteiger partial charge in [-0.05, 0) is 29.5 Å². The van der Waals surface area contributed by atoms with E-state index in [1.54, 1.807) is 0 Å². The molecule has 1 heteroatoms. The van der Waals surface area contributed by atoms with Gasteiger partial charge in [0.15, 0.2) is 0 Å². The predicted molar refractivity (Wildman–Crippen MR) is 79.3 cm³/mol. The first-order valence-corrected chi connectivity index (χ1v) is 6.69. The van der Waals surface area contributed by atoms with Crippen molar-refractivity contribution in [1.29, 1.82) is 0 Å². The summed E-state index contributed by atoms with van der Waals surface area (Å²) in [5, 5.41) is 0. The molecule has 1 aromatic carbocycles. The van der Waals surface area contributed by atoms with Gasteiger partial charge < -0.3 is 5.73 Å². The molecule has 0 amide bonds. The first-order valence-electron chi connectivity index (χ1n) is 6.69. The van der Waals surface area contributed by atoms with Crippen molar-refractivity contribution in [3.05, 3.63) is 65.3 Å². The van der Waals surface area contributed by atoms with Gasteiger partial charge in [0.1, 0.15) is 0 Å². The Bertz CT molecular complexity index is 475. The molecule has 0 fully saturated rings. The summed E-state index contributed by atoms with van der Waals surface area (Å²) in [7, 11) is 0. The van der Waals surface area contributed by atoms with Crippen LogP contribution in [-0.4, -0.2) is 6.54 Å². The zero-order chi connectivity index (χ0) is 12.8. The van der Waals surface area contributed by atoms with Crippen molar-refractivity contribution < 1.29 is 0 Å². The van der Waals surface area contributed by atoms with E-state index in [4.69, 9.17) is 5.73 Å². The van der Waals surface area contributed by atoms with Gasteiger partial charge in [0.05, 0.1) is 0 Å². The SMILES string of the molecule is CCCc1ccc(C2=CC=C(CN)CC=C2)cc1. The van der Waals surface area contributed by atoms with Crippen LogP contribution in [0.3, 0.4) is 0 Å². The molecule has 0 atom stereocenters. The molecular formula is C17H21N. The highest BCUT2D eigenvalue weighted by Gasteiger charge is 2.01. The molecule has 1 aromatic rings. The summed E-state index contributed by atoms with van der Waals surface area (Å²) < 4.78 is 0. The molecule has 1 aliphatic carbocycles. The highest BCUT2D eigenvalue weighted by molar-refractivity contribution is 5.76. The van der Waals surface area contributed by atoms with Gasteiger partial charge in [-0.15, -0.1) is 0 Å². The normalized spacial score (nSPS) is 15.0. The van der Waals surface area contributed by atoms with Gasteiger partial charge in [0, 0.05) is 6.54 Å². The number of aryl methyl sites for hydroxylation is 1. The average Bonchev–Trinajstić information content (AvgIpc) is 2.65. The zero-order valence-corrected chi connectivity index (χ0v) is 11.0. The molecule has 18 heavy (non-hydrogen) atoms. The first kappa shape index (κ1) is 12.8. The summed E-state index contributed by atoms with van der Waals surface area (Å²) in [4.78, 5) is 0. The van der Waals surface area contributed by atoms with Crippen LogP contribution in [-0.2, 0) is 6.42 Å². The van der Waals surface area contributed by atoms with Crippen LogP contribution in [0.2, 0.25) is 0 Å². The molecule has 2 rings (SSSR count). The summed E-state index contributed by atoms with van der Waals surface area (Å²) >= 11 is 0. The monoisotopic (exact) mass is 239 g/mol. The Morgan fingerprint density at radius 2 is 1.89 bits per heavy atom. The van der Waals surface area contributed by atoms with Crippen molar-refractivity contribution in [3.8, 4) is 0 Å². The maximum Gasteiger partial charge on any atom is 0.0143 e. The molecule has 2 N–H and O–H groups in total. The van der Waals surface area contributed by atoms with Crippen molar-refractivity contribution in [1.82, 2.24) is 0 Å². The van der Waals surface area contributed by atoms with Gasteiger partial charge >= 0.3 is 0 Å². The Hall–Kier alpha value is -1.60. The summed E-state index contributed by atoms with van der Waals surface area (Å²) in [5.74, 6) is 0. The van der Waals surface area contributed by atoms with Crippen LogP contribution in [0, 0.1) is 0 Å². The number of benzene rings is 1. The number of hydrogen-bond donors (Lipinski definition) is 1. The summed E-state index contributed by atoms with van der Waals surface area (Å²) in [6.07, 6.45) is 12.0. The van der Waals surface area contributed by atoms with E-state index in [1.807, 2.05) is 0 Å². The Balaban J connectivity index is 2.20. The van der Waals surface area contributed by atoms with E-state index >= 15 is 0 Å². The Morgan fingerprint density at radius 1 is 1.11 bits per heavy atom. The second kappa shape index (κ2) is 6.36. The van der Waals surface area contributed by atoms with Crippen molar-refractivity contribution in [3.63, 3.8) is 0 Å². The number of allylic oxidation sites excluding steroid dienone is 5. The lowest BCUT2D eigenvalue weighted by molar-refractivity contribution is 0.922. The third kappa shape index (κ3) is 3.21. The minimum atomic E-state index is 0.642. The van der Waals surface area contributed by atoms with Crippen LogP contribution >= 0.6 is 0 Å². The Labute approximate surface area is 110 Å². The Morgan fingerprint density at radius 3 is 2.56 bits per heavy atom. The van der Waals surface area contributed by atoms with E-state index in [1.165, 1.54) is 28.7 Å². The molecular weight excluding hydrogens is 218 g/mol. The Kier molecular flexibility index (Phi) is 4.54. The van der Waals surface area contributed by atoms with Crippen molar-refractivity contribution in [2.45, 2.75) is 26.2 Å². The van der Waals surface area contributed by atoms with E-state index in [9.17, 15) is 0 Å². The molecule has 0 bridgehead atoms. The minimum Gasteiger partial charge on any atom is -0.327 e. The molecule has 0 saturated carbocycles. The van der Waals surface area contributed by atoms with Crippen molar-refractivity contribution in [2.75, 3.05) is 6.54 Å². The van der Waals surface area contributed by atoms with E-state index in [2.05, 4.69) is 55.5 Å². The molecule has 0 aromatic heterocycles. The summed E-state index contributed by atoms with van der Waals surface area (Å²) in [6, 6.07) is 8.88. The molecule has 1 aliphatic rings. The first-order chi connectivity index (χ1) is 8.83. The van der Waals surface area contributed by atoms with Crippen LogP contribution in [0.15, 0.2) is 54.1 Å². The fourth-order valence-electron chi connectivity index (χ4n) is 2.16. The highest BCUT2D eigenvalue weighted by atomic mass is 14.5. The van der Waals surface area contributed by atoms with Crippen molar-refractivity contribution >= 4 is 5.57 Å². The quantitative estimate of drug-likeness (QED) is 0.848. The molecule has 0 radical (unpaired) electrons. The topological polar surface area (TPSA) is 26.0 Å². The second-order valence-electron chi connectivity index (χ2n) is 4.70. The van der Waals surface area contributed by atoms with E-state index < -0.39 is 0 Å². The third-order valence-electron chi connectivity index (χ3n) is 3.26. The van der Waals surface area contributed by atoms with E-state index in [0.29, 0.717) is 6.54 Å². The van der Waals surface area contributed by atoms with Crippen LogP contribution in [0.4, 0.5) is 0 Å². The number of rotatable bonds is 4. The third-order valence-corrected chi connectivity index (χ3v) is 3.26. The van der Waals surface area contributed by atoms with Crippen LogP contribution < -0.4 is 5.73 Å². The molecule has 0 heterocycles. The molecule has 0 aliphatic heterocycles. The fourth-order valence-corrected chi connectivity index (χ4v) is 2.16. The lowest BCUT2D eigenvalue weighted by Gasteiger charge is -2.03. The second-order valence-corrected chi connectivity index (χ2v) is 4.70. The summed E-state index contributed by atoms with van der Waals surface area (Å²) in [6.45, 7) is 2.85. The maximum atomic E-state index is 5.68.